The van der Waals surface area contributed by atoms with Crippen LogP contribution >= 0.6 is 23.2 Å². The van der Waals surface area contributed by atoms with Gasteiger partial charge in [-0.25, -0.2) is 0 Å². The Labute approximate surface area is 198 Å². The van der Waals surface area contributed by atoms with Crippen LogP contribution in [0.5, 0.6) is 0 Å². The minimum absolute atomic E-state index is 0.114. The fraction of sp³-hybridized carbons (Fsp3) is 0.231. The van der Waals surface area contributed by atoms with Crippen LogP contribution in [0.25, 0.3) is 0 Å². The summed E-state index contributed by atoms with van der Waals surface area (Å²) in [5, 5.41) is 1.30. The minimum Gasteiger partial charge on any atom is -0.336 e. The summed E-state index contributed by atoms with van der Waals surface area (Å²) in [6.45, 7) is 5.19. The minimum atomic E-state index is -0.138. The molecule has 1 aliphatic rings. The van der Waals surface area contributed by atoms with Crippen molar-refractivity contribution in [2.24, 2.45) is 0 Å². The van der Waals surface area contributed by atoms with Crippen molar-refractivity contribution in [3.8, 4) is 0 Å². The molecule has 3 aromatic rings. The number of carbonyl (C=O) groups is 2. The van der Waals surface area contributed by atoms with Gasteiger partial charge in [-0.1, -0.05) is 77.3 Å². The summed E-state index contributed by atoms with van der Waals surface area (Å²) in [5.74, 6) is -0.252. The Kier molecular flexibility index (Phi) is 6.95. The highest BCUT2D eigenvalue weighted by Crippen LogP contribution is 2.26. The van der Waals surface area contributed by atoms with E-state index >= 15 is 0 Å². The predicted octanol–water partition coefficient (Wildman–Crippen LogP) is 5.49. The molecule has 0 bridgehead atoms. The molecule has 1 amide bonds. The number of hydrogen-bond acceptors (Lipinski definition) is 3. The van der Waals surface area contributed by atoms with Crippen LogP contribution in [0.2, 0.25) is 10.0 Å². The van der Waals surface area contributed by atoms with Crippen LogP contribution < -0.4 is 0 Å². The lowest BCUT2D eigenvalue weighted by molar-refractivity contribution is 0.0625. The molecular formula is C26H24Cl2N2O2. The molecule has 0 aliphatic carbocycles. The Morgan fingerprint density at radius 3 is 2.00 bits per heavy atom. The van der Waals surface area contributed by atoms with Gasteiger partial charge in [0.25, 0.3) is 5.91 Å². The number of piperazine rings is 1. The number of halogens is 2. The number of ketones is 1. The van der Waals surface area contributed by atoms with Crippen molar-refractivity contribution in [3.05, 3.63) is 105 Å². The maximum absolute atomic E-state index is 13.3. The van der Waals surface area contributed by atoms with E-state index in [9.17, 15) is 9.59 Å². The molecule has 1 saturated heterocycles. The molecule has 0 unspecified atom stereocenters. The number of hydrogen-bond donors (Lipinski definition) is 0. The molecule has 1 aliphatic heterocycles. The average molecular weight is 467 g/mol. The van der Waals surface area contributed by atoms with Crippen LogP contribution in [-0.2, 0) is 6.54 Å². The Bertz CT molecular complexity index is 1120. The summed E-state index contributed by atoms with van der Waals surface area (Å²) >= 11 is 12.6. The first kappa shape index (κ1) is 22.5. The fourth-order valence-corrected chi connectivity index (χ4v) is 4.43. The smallest absolute Gasteiger partial charge is 0.254 e. The zero-order valence-corrected chi connectivity index (χ0v) is 19.4. The van der Waals surface area contributed by atoms with Gasteiger partial charge in [-0.15, -0.1) is 0 Å². The first-order chi connectivity index (χ1) is 15.4. The van der Waals surface area contributed by atoms with Crippen molar-refractivity contribution in [2.45, 2.75) is 13.5 Å². The van der Waals surface area contributed by atoms with Gasteiger partial charge in [-0.2, -0.15) is 0 Å². The van der Waals surface area contributed by atoms with Gasteiger partial charge < -0.3 is 4.90 Å². The Hall–Kier alpha value is -2.66. The SMILES string of the molecule is Cc1ccc(C(=O)c2ccccc2C(=O)N2CCN(Cc3c(Cl)cccc3Cl)CC2)cc1. The van der Waals surface area contributed by atoms with E-state index < -0.39 is 0 Å². The van der Waals surface area contributed by atoms with E-state index in [1.165, 1.54) is 0 Å². The number of nitrogens with zero attached hydrogens (tertiary/aromatic N) is 2. The quantitative estimate of drug-likeness (QED) is 0.466. The Morgan fingerprint density at radius 2 is 1.38 bits per heavy atom. The number of benzene rings is 3. The first-order valence-corrected chi connectivity index (χ1v) is 11.3. The van der Waals surface area contributed by atoms with Crippen LogP contribution in [0.3, 0.4) is 0 Å². The molecule has 164 valence electrons. The lowest BCUT2D eigenvalue weighted by atomic mass is 9.97. The maximum atomic E-state index is 13.3. The van der Waals surface area contributed by atoms with Gasteiger partial charge in [0.1, 0.15) is 0 Å². The van der Waals surface area contributed by atoms with E-state index in [2.05, 4.69) is 4.90 Å². The first-order valence-electron chi connectivity index (χ1n) is 10.6. The highest BCUT2D eigenvalue weighted by atomic mass is 35.5. The molecule has 0 radical (unpaired) electrons. The normalized spacial score (nSPS) is 14.4. The summed E-state index contributed by atoms with van der Waals surface area (Å²) in [6, 6.07) is 20.0. The summed E-state index contributed by atoms with van der Waals surface area (Å²) in [4.78, 5) is 30.4. The molecule has 4 nitrogen and oxygen atoms in total. The molecule has 0 N–H and O–H groups in total. The maximum Gasteiger partial charge on any atom is 0.254 e. The van der Waals surface area contributed by atoms with Crippen LogP contribution in [0.1, 0.15) is 37.4 Å². The zero-order chi connectivity index (χ0) is 22.7. The van der Waals surface area contributed by atoms with Gasteiger partial charge in [0.05, 0.1) is 5.56 Å². The highest BCUT2D eigenvalue weighted by Gasteiger charge is 2.26. The molecule has 6 heteroatoms. The van der Waals surface area contributed by atoms with Crippen LogP contribution in [-0.4, -0.2) is 47.7 Å². The topological polar surface area (TPSA) is 40.6 Å². The monoisotopic (exact) mass is 466 g/mol. The lowest BCUT2D eigenvalue weighted by Gasteiger charge is -2.35. The largest absolute Gasteiger partial charge is 0.336 e. The van der Waals surface area contributed by atoms with Gasteiger partial charge in [0.15, 0.2) is 5.78 Å². The summed E-state index contributed by atoms with van der Waals surface area (Å²) in [7, 11) is 0. The molecular weight excluding hydrogens is 443 g/mol. The van der Waals surface area contributed by atoms with Crippen LogP contribution in [0.15, 0.2) is 66.7 Å². The molecule has 1 fully saturated rings. The standard InChI is InChI=1S/C26H24Cl2N2O2/c1-18-9-11-19(12-10-18)25(31)20-5-2-3-6-21(20)26(32)30-15-13-29(14-16-30)17-22-23(27)7-4-8-24(22)28/h2-12H,13-17H2,1H3. The summed E-state index contributed by atoms with van der Waals surface area (Å²) in [5.41, 5.74) is 3.45. The zero-order valence-electron chi connectivity index (χ0n) is 17.9. The second kappa shape index (κ2) is 9.86. The van der Waals surface area contributed by atoms with E-state index in [1.54, 1.807) is 36.4 Å². The van der Waals surface area contributed by atoms with Gasteiger partial charge in [0, 0.05) is 59.5 Å². The van der Waals surface area contributed by atoms with Crippen molar-refractivity contribution in [1.29, 1.82) is 0 Å². The Balaban J connectivity index is 1.46. The summed E-state index contributed by atoms with van der Waals surface area (Å²) < 4.78 is 0. The van der Waals surface area contributed by atoms with Crippen molar-refractivity contribution in [2.75, 3.05) is 26.2 Å². The fourth-order valence-electron chi connectivity index (χ4n) is 3.91. The van der Waals surface area contributed by atoms with Crippen LogP contribution in [0.4, 0.5) is 0 Å². The number of amides is 1. The molecule has 0 saturated carbocycles. The van der Waals surface area contributed by atoms with Crippen molar-refractivity contribution in [3.63, 3.8) is 0 Å². The van der Waals surface area contributed by atoms with Crippen molar-refractivity contribution < 1.29 is 9.59 Å². The number of aryl methyl sites for hydroxylation is 1. The molecule has 4 rings (SSSR count). The summed E-state index contributed by atoms with van der Waals surface area (Å²) in [6.07, 6.45) is 0. The third-order valence-corrected chi connectivity index (χ3v) is 6.53. The third-order valence-electron chi connectivity index (χ3n) is 5.82. The van der Waals surface area contributed by atoms with E-state index in [4.69, 9.17) is 23.2 Å². The van der Waals surface area contributed by atoms with E-state index in [0.717, 1.165) is 11.1 Å². The molecule has 3 aromatic carbocycles. The Morgan fingerprint density at radius 1 is 0.781 bits per heavy atom. The second-order valence-electron chi connectivity index (χ2n) is 8.01. The number of carbonyl (C=O) groups excluding carboxylic acids is 2. The molecule has 0 spiro atoms. The van der Waals surface area contributed by atoms with E-state index in [0.29, 0.717) is 59.5 Å². The van der Waals surface area contributed by atoms with E-state index in [1.807, 2.05) is 42.2 Å². The van der Waals surface area contributed by atoms with Crippen molar-refractivity contribution >= 4 is 34.9 Å². The third kappa shape index (κ3) is 4.88. The number of rotatable bonds is 5. The van der Waals surface area contributed by atoms with Gasteiger partial charge in [0.2, 0.25) is 0 Å². The second-order valence-corrected chi connectivity index (χ2v) is 8.82. The molecule has 32 heavy (non-hydrogen) atoms. The average Bonchev–Trinajstić information content (AvgIpc) is 2.81. The van der Waals surface area contributed by atoms with Gasteiger partial charge >= 0.3 is 0 Å². The van der Waals surface area contributed by atoms with Gasteiger partial charge in [-0.3, -0.25) is 14.5 Å². The van der Waals surface area contributed by atoms with Crippen molar-refractivity contribution in [1.82, 2.24) is 9.80 Å². The molecule has 0 aromatic heterocycles. The van der Waals surface area contributed by atoms with Gasteiger partial charge in [-0.05, 0) is 25.1 Å². The lowest BCUT2D eigenvalue weighted by Crippen LogP contribution is -2.48. The van der Waals surface area contributed by atoms with E-state index in [-0.39, 0.29) is 11.7 Å². The molecule has 0 atom stereocenters. The predicted molar refractivity (Wildman–Crippen MR) is 129 cm³/mol. The molecule has 1 heterocycles. The highest BCUT2D eigenvalue weighted by molar-refractivity contribution is 6.36. The van der Waals surface area contributed by atoms with Crippen LogP contribution in [0, 0.1) is 6.92 Å².